The van der Waals surface area contributed by atoms with Crippen LogP contribution in [0.5, 0.6) is 0 Å². The fraction of sp³-hybridized carbons (Fsp3) is 0.438. The minimum Gasteiger partial charge on any atom is -0.461 e. The number of H-pyrrole nitrogens is 1. The van der Waals surface area contributed by atoms with Crippen molar-refractivity contribution >= 4 is 5.97 Å². The molecule has 1 heterocycles. The zero-order valence-electron chi connectivity index (χ0n) is 13.1. The number of aromatic amines is 1. The van der Waals surface area contributed by atoms with Gasteiger partial charge in [0.25, 0.3) is 0 Å². The molecule has 6 nitrogen and oxygen atoms in total. The number of carbonyl (C=O) groups is 1. The normalized spacial score (nSPS) is 12.1. The predicted octanol–water partition coefficient (Wildman–Crippen LogP) is 2.96. The molecule has 0 spiro atoms. The summed E-state index contributed by atoms with van der Waals surface area (Å²) < 4.78 is 10.7. The summed E-state index contributed by atoms with van der Waals surface area (Å²) in [7, 11) is 0. The number of rotatable bonds is 7. The molecule has 2 rings (SSSR count). The molecule has 0 aliphatic heterocycles. The number of nitrogens with one attached hydrogen (secondary N) is 1. The molecule has 118 valence electrons. The summed E-state index contributed by atoms with van der Waals surface area (Å²) >= 11 is 0. The van der Waals surface area contributed by atoms with Gasteiger partial charge in [-0.05, 0) is 25.8 Å². The molecule has 22 heavy (non-hydrogen) atoms. The Hall–Kier alpha value is -2.21. The van der Waals surface area contributed by atoms with Crippen molar-refractivity contribution in [3.05, 3.63) is 35.5 Å². The lowest BCUT2D eigenvalue weighted by molar-refractivity contribution is 0.0507. The Kier molecular flexibility index (Phi) is 5.66. The summed E-state index contributed by atoms with van der Waals surface area (Å²) in [5.41, 5.74) is 2.58. The number of esters is 1. The molecule has 1 aromatic heterocycles. The van der Waals surface area contributed by atoms with Crippen LogP contribution in [0.1, 0.15) is 43.2 Å². The standard InChI is InChI=1S/C16H21N3O3/c1-4-11(3)22-10-12-6-8-13(9-7-12)14-15(18-19-17-14)16(20)21-5-2/h6-9,11H,4-5,10H2,1-3H3,(H,17,18,19). The van der Waals surface area contributed by atoms with Gasteiger partial charge in [-0.25, -0.2) is 4.79 Å². The Morgan fingerprint density at radius 2 is 1.95 bits per heavy atom. The second kappa shape index (κ2) is 7.70. The molecule has 0 saturated carbocycles. The average molecular weight is 303 g/mol. The van der Waals surface area contributed by atoms with E-state index in [1.165, 1.54) is 0 Å². The van der Waals surface area contributed by atoms with E-state index in [1.807, 2.05) is 24.3 Å². The molecule has 0 radical (unpaired) electrons. The largest absolute Gasteiger partial charge is 0.461 e. The van der Waals surface area contributed by atoms with Crippen LogP contribution in [-0.2, 0) is 16.1 Å². The van der Waals surface area contributed by atoms with Crippen LogP contribution in [0.2, 0.25) is 0 Å². The second-order valence-electron chi connectivity index (χ2n) is 4.97. The van der Waals surface area contributed by atoms with E-state index in [9.17, 15) is 4.79 Å². The van der Waals surface area contributed by atoms with Crippen LogP contribution in [0.4, 0.5) is 0 Å². The lowest BCUT2D eigenvalue weighted by atomic mass is 10.1. The van der Waals surface area contributed by atoms with Gasteiger partial charge in [0, 0.05) is 5.56 Å². The van der Waals surface area contributed by atoms with Gasteiger partial charge in [0.2, 0.25) is 0 Å². The predicted molar refractivity (Wildman–Crippen MR) is 82.3 cm³/mol. The van der Waals surface area contributed by atoms with Crippen molar-refractivity contribution in [2.45, 2.75) is 39.9 Å². The van der Waals surface area contributed by atoms with Gasteiger partial charge in [0.15, 0.2) is 5.69 Å². The van der Waals surface area contributed by atoms with Crippen molar-refractivity contribution < 1.29 is 14.3 Å². The molecule has 0 amide bonds. The Labute approximate surface area is 129 Å². The van der Waals surface area contributed by atoms with E-state index in [0.29, 0.717) is 18.9 Å². The average Bonchev–Trinajstić information content (AvgIpc) is 3.03. The maximum atomic E-state index is 11.8. The number of carbonyl (C=O) groups excluding carboxylic acids is 1. The van der Waals surface area contributed by atoms with Crippen LogP contribution in [0.25, 0.3) is 11.3 Å². The van der Waals surface area contributed by atoms with Gasteiger partial charge in [0.05, 0.1) is 19.3 Å². The van der Waals surface area contributed by atoms with Gasteiger partial charge in [-0.2, -0.15) is 10.3 Å². The third-order valence-corrected chi connectivity index (χ3v) is 3.35. The van der Waals surface area contributed by atoms with E-state index in [4.69, 9.17) is 9.47 Å². The lowest BCUT2D eigenvalue weighted by Crippen LogP contribution is -2.07. The first kappa shape index (κ1) is 16.2. The van der Waals surface area contributed by atoms with Crippen molar-refractivity contribution in [2.24, 2.45) is 0 Å². The Morgan fingerprint density at radius 1 is 1.23 bits per heavy atom. The van der Waals surface area contributed by atoms with Gasteiger partial charge < -0.3 is 9.47 Å². The van der Waals surface area contributed by atoms with Crippen LogP contribution in [0.15, 0.2) is 24.3 Å². The molecule has 1 atom stereocenters. The second-order valence-corrected chi connectivity index (χ2v) is 4.97. The minimum atomic E-state index is -0.476. The van der Waals surface area contributed by atoms with Gasteiger partial charge >= 0.3 is 5.97 Å². The Balaban J connectivity index is 2.11. The summed E-state index contributed by atoms with van der Waals surface area (Å²) in [6, 6.07) is 7.72. The smallest absolute Gasteiger partial charge is 0.361 e. The summed E-state index contributed by atoms with van der Waals surface area (Å²) in [6.07, 6.45) is 1.23. The summed E-state index contributed by atoms with van der Waals surface area (Å²) in [5.74, 6) is -0.476. The van der Waals surface area contributed by atoms with Crippen molar-refractivity contribution in [3.63, 3.8) is 0 Å². The highest BCUT2D eigenvalue weighted by Gasteiger charge is 2.18. The molecule has 0 fully saturated rings. The highest BCUT2D eigenvalue weighted by molar-refractivity contribution is 5.93. The SMILES string of the molecule is CCOC(=O)c1n[nH]nc1-c1ccc(COC(C)CC)cc1. The number of nitrogens with zero attached hydrogens (tertiary/aromatic N) is 2. The van der Waals surface area contributed by atoms with Crippen LogP contribution in [-0.4, -0.2) is 34.1 Å². The summed E-state index contributed by atoms with van der Waals surface area (Å²) in [5, 5.41) is 10.4. The number of benzene rings is 1. The van der Waals surface area contributed by atoms with Crippen molar-refractivity contribution in [1.82, 2.24) is 15.4 Å². The number of hydrogen-bond acceptors (Lipinski definition) is 5. The van der Waals surface area contributed by atoms with E-state index in [-0.39, 0.29) is 11.8 Å². The lowest BCUT2D eigenvalue weighted by Gasteiger charge is -2.10. The van der Waals surface area contributed by atoms with E-state index < -0.39 is 5.97 Å². The first-order valence-electron chi connectivity index (χ1n) is 7.44. The van der Waals surface area contributed by atoms with Crippen LogP contribution < -0.4 is 0 Å². The zero-order chi connectivity index (χ0) is 15.9. The molecule has 6 heteroatoms. The zero-order valence-corrected chi connectivity index (χ0v) is 13.1. The van der Waals surface area contributed by atoms with Gasteiger partial charge in [-0.1, -0.05) is 31.2 Å². The summed E-state index contributed by atoms with van der Waals surface area (Å²) in [6.45, 7) is 6.77. The molecule has 1 N–H and O–H groups in total. The van der Waals surface area contributed by atoms with E-state index in [1.54, 1.807) is 6.92 Å². The van der Waals surface area contributed by atoms with Gasteiger partial charge in [0.1, 0.15) is 5.69 Å². The Morgan fingerprint density at radius 3 is 2.59 bits per heavy atom. The molecular formula is C16H21N3O3. The van der Waals surface area contributed by atoms with Crippen LogP contribution in [0, 0.1) is 0 Å². The third-order valence-electron chi connectivity index (χ3n) is 3.35. The van der Waals surface area contributed by atoms with E-state index in [0.717, 1.165) is 17.5 Å². The molecule has 1 aromatic carbocycles. The summed E-state index contributed by atoms with van der Waals surface area (Å²) in [4.78, 5) is 11.8. The first-order valence-corrected chi connectivity index (χ1v) is 7.44. The van der Waals surface area contributed by atoms with Crippen molar-refractivity contribution in [2.75, 3.05) is 6.61 Å². The number of hydrogen-bond donors (Lipinski definition) is 1. The topological polar surface area (TPSA) is 77.1 Å². The fourth-order valence-corrected chi connectivity index (χ4v) is 1.89. The van der Waals surface area contributed by atoms with Crippen LogP contribution in [0.3, 0.4) is 0 Å². The molecule has 1 unspecified atom stereocenters. The van der Waals surface area contributed by atoms with E-state index in [2.05, 4.69) is 29.3 Å². The molecule has 0 aliphatic carbocycles. The Bertz CT molecular complexity index is 607. The maximum Gasteiger partial charge on any atom is 0.361 e. The molecular weight excluding hydrogens is 282 g/mol. The van der Waals surface area contributed by atoms with Gasteiger partial charge in [-0.15, -0.1) is 5.10 Å². The monoisotopic (exact) mass is 303 g/mol. The molecule has 0 bridgehead atoms. The third kappa shape index (κ3) is 3.92. The molecule has 2 aromatic rings. The van der Waals surface area contributed by atoms with Crippen molar-refractivity contribution in [1.29, 1.82) is 0 Å². The van der Waals surface area contributed by atoms with Gasteiger partial charge in [-0.3, -0.25) is 0 Å². The number of aromatic nitrogens is 3. The fourth-order valence-electron chi connectivity index (χ4n) is 1.89. The van der Waals surface area contributed by atoms with Crippen molar-refractivity contribution in [3.8, 4) is 11.3 Å². The maximum absolute atomic E-state index is 11.8. The van der Waals surface area contributed by atoms with Crippen LogP contribution >= 0.6 is 0 Å². The molecule has 0 aliphatic rings. The highest BCUT2D eigenvalue weighted by atomic mass is 16.5. The number of ether oxygens (including phenoxy) is 2. The minimum absolute atomic E-state index is 0.199. The molecule has 0 saturated heterocycles. The quantitative estimate of drug-likeness (QED) is 0.796. The first-order chi connectivity index (χ1) is 10.7. The highest BCUT2D eigenvalue weighted by Crippen LogP contribution is 2.21. The van der Waals surface area contributed by atoms with E-state index >= 15 is 0 Å².